The SMILES string of the molecule is O=C1Nc2ccc(Br)cc2C(c2ccc(F)cc2)=NC1F. The van der Waals surface area contributed by atoms with Gasteiger partial charge in [0, 0.05) is 15.6 Å². The van der Waals surface area contributed by atoms with Crippen LogP contribution in [0.1, 0.15) is 11.1 Å². The molecule has 0 fully saturated rings. The second kappa shape index (κ2) is 5.37. The number of hydrogen-bond acceptors (Lipinski definition) is 2. The van der Waals surface area contributed by atoms with Gasteiger partial charge in [-0.1, -0.05) is 15.9 Å². The van der Waals surface area contributed by atoms with Crippen molar-refractivity contribution in [3.8, 4) is 0 Å². The number of hydrogen-bond donors (Lipinski definition) is 1. The van der Waals surface area contributed by atoms with Crippen LogP contribution >= 0.6 is 15.9 Å². The van der Waals surface area contributed by atoms with Crippen molar-refractivity contribution in [2.24, 2.45) is 4.99 Å². The van der Waals surface area contributed by atoms with Crippen molar-refractivity contribution >= 4 is 33.2 Å². The van der Waals surface area contributed by atoms with Gasteiger partial charge in [0.1, 0.15) is 5.82 Å². The van der Waals surface area contributed by atoms with Gasteiger partial charge < -0.3 is 5.32 Å². The Hall–Kier alpha value is -2.08. The summed E-state index contributed by atoms with van der Waals surface area (Å²) in [5, 5.41) is 2.49. The number of benzodiazepines with no additional fused rings is 1. The van der Waals surface area contributed by atoms with E-state index >= 15 is 0 Å². The maximum absolute atomic E-state index is 13.8. The van der Waals surface area contributed by atoms with E-state index < -0.39 is 18.0 Å². The second-order valence-electron chi connectivity index (χ2n) is 4.50. The largest absolute Gasteiger partial charge is 0.321 e. The Morgan fingerprint density at radius 1 is 1.14 bits per heavy atom. The summed E-state index contributed by atoms with van der Waals surface area (Å²) >= 11 is 3.34. The molecule has 3 nitrogen and oxygen atoms in total. The zero-order chi connectivity index (χ0) is 15.0. The van der Waals surface area contributed by atoms with E-state index in [9.17, 15) is 13.6 Å². The predicted molar refractivity (Wildman–Crippen MR) is 79.7 cm³/mol. The quantitative estimate of drug-likeness (QED) is 0.783. The number of halogens is 3. The third-order valence-electron chi connectivity index (χ3n) is 3.07. The van der Waals surface area contributed by atoms with Crippen LogP contribution in [0.5, 0.6) is 0 Å². The number of amides is 1. The number of rotatable bonds is 1. The van der Waals surface area contributed by atoms with Crippen LogP contribution in [0, 0.1) is 5.82 Å². The van der Waals surface area contributed by atoms with E-state index in [0.717, 1.165) is 4.47 Å². The van der Waals surface area contributed by atoms with Crippen LogP contribution in [0.2, 0.25) is 0 Å². The first-order chi connectivity index (χ1) is 10.0. The second-order valence-corrected chi connectivity index (χ2v) is 5.42. The first-order valence-electron chi connectivity index (χ1n) is 6.13. The molecule has 3 rings (SSSR count). The molecule has 0 spiro atoms. The molecule has 106 valence electrons. The summed E-state index contributed by atoms with van der Waals surface area (Å²) in [6, 6.07) is 10.7. The number of benzene rings is 2. The van der Waals surface area contributed by atoms with Gasteiger partial charge in [-0.05, 0) is 42.5 Å². The Morgan fingerprint density at radius 3 is 2.57 bits per heavy atom. The summed E-state index contributed by atoms with van der Waals surface area (Å²) in [6.45, 7) is 0. The van der Waals surface area contributed by atoms with Gasteiger partial charge >= 0.3 is 0 Å². The minimum Gasteiger partial charge on any atom is -0.321 e. The fraction of sp³-hybridized carbons (Fsp3) is 0.0667. The lowest BCUT2D eigenvalue weighted by atomic mass is 10.0. The van der Waals surface area contributed by atoms with Gasteiger partial charge in [0.2, 0.25) is 0 Å². The van der Waals surface area contributed by atoms with E-state index in [1.807, 2.05) is 0 Å². The molecule has 0 radical (unpaired) electrons. The van der Waals surface area contributed by atoms with E-state index in [1.165, 1.54) is 24.3 Å². The van der Waals surface area contributed by atoms with Gasteiger partial charge in [0.05, 0.1) is 11.4 Å². The van der Waals surface area contributed by atoms with Gasteiger partial charge in [-0.3, -0.25) is 4.79 Å². The van der Waals surface area contributed by atoms with Crippen molar-refractivity contribution in [2.75, 3.05) is 5.32 Å². The molecular formula is C15H9BrF2N2O. The Bertz CT molecular complexity index is 744. The zero-order valence-electron chi connectivity index (χ0n) is 10.6. The summed E-state index contributed by atoms with van der Waals surface area (Å²) in [7, 11) is 0. The highest BCUT2D eigenvalue weighted by molar-refractivity contribution is 9.10. The molecule has 0 bridgehead atoms. The zero-order valence-corrected chi connectivity index (χ0v) is 12.2. The first-order valence-corrected chi connectivity index (χ1v) is 6.92. The minimum atomic E-state index is -2.00. The molecule has 0 aromatic heterocycles. The molecule has 0 saturated heterocycles. The number of aliphatic imine (C=N–C) groups is 1. The lowest BCUT2D eigenvalue weighted by Crippen LogP contribution is -2.21. The third kappa shape index (κ3) is 2.71. The molecule has 21 heavy (non-hydrogen) atoms. The first kappa shape index (κ1) is 13.9. The van der Waals surface area contributed by atoms with E-state index in [-0.39, 0.29) is 0 Å². The summed E-state index contributed by atoms with van der Waals surface area (Å²) in [5.41, 5.74) is 1.88. The highest BCUT2D eigenvalue weighted by atomic mass is 79.9. The number of carbonyl (C=O) groups excluding carboxylic acids is 1. The topological polar surface area (TPSA) is 41.5 Å². The summed E-state index contributed by atoms with van der Waals surface area (Å²) in [6.07, 6.45) is -2.00. The Labute approximate surface area is 127 Å². The van der Waals surface area contributed by atoms with Crippen LogP contribution in [0.15, 0.2) is 51.9 Å². The van der Waals surface area contributed by atoms with E-state index in [0.29, 0.717) is 22.5 Å². The Kier molecular flexibility index (Phi) is 3.55. The molecule has 1 N–H and O–H groups in total. The summed E-state index contributed by atoms with van der Waals surface area (Å²) in [4.78, 5) is 15.5. The molecule has 1 amide bonds. The number of nitrogens with one attached hydrogen (secondary N) is 1. The maximum atomic E-state index is 13.8. The molecule has 6 heteroatoms. The third-order valence-corrected chi connectivity index (χ3v) is 3.56. The van der Waals surface area contributed by atoms with E-state index in [1.54, 1.807) is 18.2 Å². The van der Waals surface area contributed by atoms with Crippen LogP contribution in [0.25, 0.3) is 0 Å². The molecule has 1 heterocycles. The average Bonchev–Trinajstić information content (AvgIpc) is 2.58. The van der Waals surface area contributed by atoms with Gasteiger partial charge in [-0.15, -0.1) is 0 Å². The minimum absolute atomic E-state index is 0.303. The molecule has 2 aromatic carbocycles. The summed E-state index contributed by atoms with van der Waals surface area (Å²) in [5.74, 6) is -1.22. The Balaban J connectivity index is 2.21. The van der Waals surface area contributed by atoms with Crippen molar-refractivity contribution in [2.45, 2.75) is 6.30 Å². The molecule has 0 aliphatic carbocycles. The fourth-order valence-corrected chi connectivity index (χ4v) is 2.45. The van der Waals surface area contributed by atoms with Crippen molar-refractivity contribution in [1.82, 2.24) is 0 Å². The lowest BCUT2D eigenvalue weighted by molar-refractivity contribution is -0.120. The van der Waals surface area contributed by atoms with Gasteiger partial charge in [-0.2, -0.15) is 0 Å². The molecule has 1 aliphatic rings. The van der Waals surface area contributed by atoms with Crippen LogP contribution in [-0.2, 0) is 4.79 Å². The smallest absolute Gasteiger partial charge is 0.281 e. The average molecular weight is 351 g/mol. The lowest BCUT2D eigenvalue weighted by Gasteiger charge is -2.10. The molecule has 2 aromatic rings. The number of alkyl halides is 1. The monoisotopic (exact) mass is 350 g/mol. The predicted octanol–water partition coefficient (Wildman–Crippen LogP) is 3.67. The van der Waals surface area contributed by atoms with Gasteiger partial charge in [-0.25, -0.2) is 13.8 Å². The van der Waals surface area contributed by atoms with Crippen molar-refractivity contribution in [1.29, 1.82) is 0 Å². The molecular weight excluding hydrogens is 342 g/mol. The fourth-order valence-electron chi connectivity index (χ4n) is 2.09. The van der Waals surface area contributed by atoms with Gasteiger partial charge in [0.15, 0.2) is 0 Å². The normalized spacial score (nSPS) is 17.6. The van der Waals surface area contributed by atoms with Crippen molar-refractivity contribution in [3.63, 3.8) is 0 Å². The molecule has 1 aliphatic heterocycles. The summed E-state index contributed by atoms with van der Waals surface area (Å²) < 4.78 is 27.6. The highest BCUT2D eigenvalue weighted by Crippen LogP contribution is 2.27. The maximum Gasteiger partial charge on any atom is 0.281 e. The highest BCUT2D eigenvalue weighted by Gasteiger charge is 2.25. The van der Waals surface area contributed by atoms with Crippen LogP contribution in [-0.4, -0.2) is 17.9 Å². The standard InChI is InChI=1S/C15H9BrF2N2O/c16-9-3-6-12-11(7-9)13(20-14(18)15(21)19-12)8-1-4-10(17)5-2-8/h1-7,14H,(H,19,21). The number of fused-ring (bicyclic) bond motifs is 1. The van der Waals surface area contributed by atoms with Crippen molar-refractivity contribution < 1.29 is 13.6 Å². The van der Waals surface area contributed by atoms with Gasteiger partial charge in [0.25, 0.3) is 12.2 Å². The number of nitrogens with zero attached hydrogens (tertiary/aromatic N) is 1. The molecule has 0 saturated carbocycles. The van der Waals surface area contributed by atoms with Crippen LogP contribution in [0.3, 0.4) is 0 Å². The van der Waals surface area contributed by atoms with Crippen LogP contribution < -0.4 is 5.32 Å². The van der Waals surface area contributed by atoms with Crippen molar-refractivity contribution in [3.05, 3.63) is 63.9 Å². The number of anilines is 1. The number of carbonyl (C=O) groups is 1. The van der Waals surface area contributed by atoms with E-state index in [2.05, 4.69) is 26.2 Å². The van der Waals surface area contributed by atoms with E-state index in [4.69, 9.17) is 0 Å². The Morgan fingerprint density at radius 2 is 1.86 bits per heavy atom. The molecule has 1 unspecified atom stereocenters. The van der Waals surface area contributed by atoms with Crippen LogP contribution in [0.4, 0.5) is 14.5 Å². The molecule has 1 atom stereocenters.